The first kappa shape index (κ1) is 19.9. The molecular weight excluding hydrogens is 366 g/mol. The van der Waals surface area contributed by atoms with Crippen molar-refractivity contribution in [3.8, 4) is 6.07 Å². The molecule has 6 heteroatoms. The molecule has 29 heavy (non-hydrogen) atoms. The van der Waals surface area contributed by atoms with E-state index in [9.17, 15) is 9.59 Å². The zero-order valence-corrected chi connectivity index (χ0v) is 16.3. The third kappa shape index (κ3) is 4.90. The maximum atomic E-state index is 12.5. The van der Waals surface area contributed by atoms with Crippen LogP contribution in [0.1, 0.15) is 32.9 Å². The minimum absolute atomic E-state index is 0.405. The van der Waals surface area contributed by atoms with E-state index in [1.807, 2.05) is 54.8 Å². The number of hydrogen-bond donors (Lipinski definition) is 1. The molecule has 0 saturated carbocycles. The third-order valence-electron chi connectivity index (χ3n) is 4.59. The molecule has 146 valence electrons. The molecule has 1 aromatic heterocycles. The van der Waals surface area contributed by atoms with Crippen molar-refractivity contribution in [3.63, 3.8) is 0 Å². The number of aryl methyl sites for hydroxylation is 1. The zero-order valence-electron chi connectivity index (χ0n) is 16.3. The maximum Gasteiger partial charge on any atom is 0.340 e. The van der Waals surface area contributed by atoms with E-state index in [2.05, 4.69) is 5.32 Å². The lowest BCUT2D eigenvalue weighted by molar-refractivity contribution is -0.119. The Morgan fingerprint density at radius 3 is 2.55 bits per heavy atom. The van der Waals surface area contributed by atoms with Crippen molar-refractivity contribution in [1.29, 1.82) is 5.26 Å². The number of nitrogens with zero attached hydrogens (tertiary/aromatic N) is 2. The Balaban J connectivity index is 1.63. The molecule has 0 aliphatic rings. The van der Waals surface area contributed by atoms with Gasteiger partial charge in [-0.15, -0.1) is 0 Å². The second-order valence-electron chi connectivity index (χ2n) is 6.67. The molecule has 0 atom stereocenters. The Morgan fingerprint density at radius 2 is 1.83 bits per heavy atom. The molecule has 0 radical (unpaired) electrons. The van der Waals surface area contributed by atoms with Crippen LogP contribution < -0.4 is 5.32 Å². The third-order valence-corrected chi connectivity index (χ3v) is 4.59. The Bertz CT molecular complexity index is 1080. The van der Waals surface area contributed by atoms with Gasteiger partial charge in [-0.05, 0) is 43.7 Å². The molecule has 1 heterocycles. The molecule has 0 spiro atoms. The van der Waals surface area contributed by atoms with E-state index in [1.165, 1.54) is 0 Å². The zero-order chi connectivity index (χ0) is 20.8. The first-order valence-corrected chi connectivity index (χ1v) is 9.15. The summed E-state index contributed by atoms with van der Waals surface area (Å²) < 4.78 is 7.23. The fourth-order valence-corrected chi connectivity index (χ4v) is 3.09. The highest BCUT2D eigenvalue weighted by Gasteiger charge is 2.18. The highest BCUT2D eigenvalue weighted by atomic mass is 16.5. The van der Waals surface area contributed by atoms with E-state index in [4.69, 9.17) is 10.00 Å². The van der Waals surface area contributed by atoms with E-state index >= 15 is 0 Å². The molecule has 0 fully saturated rings. The molecule has 1 N–H and O–H groups in total. The number of esters is 1. The van der Waals surface area contributed by atoms with Crippen LogP contribution in [-0.2, 0) is 16.1 Å². The molecule has 0 saturated heterocycles. The van der Waals surface area contributed by atoms with Crippen molar-refractivity contribution in [1.82, 2.24) is 4.57 Å². The van der Waals surface area contributed by atoms with Crippen molar-refractivity contribution < 1.29 is 14.3 Å². The lowest BCUT2D eigenvalue weighted by atomic mass is 10.2. The van der Waals surface area contributed by atoms with Crippen LogP contribution in [0.5, 0.6) is 0 Å². The predicted octanol–water partition coefficient (Wildman–Crippen LogP) is 3.82. The van der Waals surface area contributed by atoms with Gasteiger partial charge in [-0.2, -0.15) is 5.26 Å². The van der Waals surface area contributed by atoms with Crippen molar-refractivity contribution >= 4 is 17.6 Å². The number of nitrogens with one attached hydrogen (secondary N) is 1. The van der Waals surface area contributed by atoms with Gasteiger partial charge in [0.1, 0.15) is 0 Å². The van der Waals surface area contributed by atoms with Gasteiger partial charge < -0.3 is 14.6 Å². The van der Waals surface area contributed by atoms with Crippen molar-refractivity contribution in [3.05, 3.63) is 88.7 Å². The highest BCUT2D eigenvalue weighted by Crippen LogP contribution is 2.18. The van der Waals surface area contributed by atoms with Gasteiger partial charge in [0, 0.05) is 23.6 Å². The SMILES string of the molecule is Cc1cc(C(=O)OCC(=O)Nc2cccc(C#N)c2)c(C)n1Cc1ccccc1. The maximum absolute atomic E-state index is 12.5. The van der Waals surface area contributed by atoms with Gasteiger partial charge in [-0.3, -0.25) is 4.79 Å². The van der Waals surface area contributed by atoms with Crippen molar-refractivity contribution in [2.45, 2.75) is 20.4 Å². The molecule has 0 bridgehead atoms. The van der Waals surface area contributed by atoms with Crippen LogP contribution >= 0.6 is 0 Å². The summed E-state index contributed by atoms with van der Waals surface area (Å²) in [6.07, 6.45) is 0. The quantitative estimate of drug-likeness (QED) is 0.652. The smallest absolute Gasteiger partial charge is 0.340 e. The molecule has 0 unspecified atom stereocenters. The summed E-state index contributed by atoms with van der Waals surface area (Å²) in [4.78, 5) is 24.6. The Morgan fingerprint density at radius 1 is 1.07 bits per heavy atom. The van der Waals surface area contributed by atoms with Crippen LogP contribution in [-0.4, -0.2) is 23.1 Å². The van der Waals surface area contributed by atoms with E-state index in [1.54, 1.807) is 30.3 Å². The van der Waals surface area contributed by atoms with Gasteiger partial charge in [0.25, 0.3) is 5.91 Å². The number of rotatable bonds is 6. The number of carbonyl (C=O) groups is 2. The van der Waals surface area contributed by atoms with Crippen LogP contribution in [0.15, 0.2) is 60.7 Å². The normalized spacial score (nSPS) is 10.2. The van der Waals surface area contributed by atoms with Gasteiger partial charge in [0.15, 0.2) is 6.61 Å². The van der Waals surface area contributed by atoms with Gasteiger partial charge in [-0.25, -0.2) is 4.79 Å². The monoisotopic (exact) mass is 387 g/mol. The molecule has 0 aliphatic heterocycles. The second kappa shape index (κ2) is 8.89. The summed E-state index contributed by atoms with van der Waals surface area (Å²) in [5.41, 5.74) is 4.22. The largest absolute Gasteiger partial charge is 0.452 e. The molecule has 1 amide bonds. The number of amides is 1. The molecule has 3 aromatic rings. The fraction of sp³-hybridized carbons (Fsp3) is 0.174. The van der Waals surface area contributed by atoms with E-state index in [-0.39, 0.29) is 0 Å². The van der Waals surface area contributed by atoms with Crippen LogP contribution in [0.3, 0.4) is 0 Å². The molecule has 0 aliphatic carbocycles. The average Bonchev–Trinajstić information content (AvgIpc) is 3.01. The molecule has 6 nitrogen and oxygen atoms in total. The lowest BCUT2D eigenvalue weighted by Gasteiger charge is -2.10. The number of aromatic nitrogens is 1. The molecular formula is C23H21N3O3. The molecule has 2 aromatic carbocycles. The number of anilines is 1. The predicted molar refractivity (Wildman–Crippen MR) is 110 cm³/mol. The van der Waals surface area contributed by atoms with Gasteiger partial charge in [0.05, 0.1) is 17.2 Å². The summed E-state index contributed by atoms with van der Waals surface area (Å²) in [5.74, 6) is -1.01. The first-order valence-electron chi connectivity index (χ1n) is 9.15. The van der Waals surface area contributed by atoms with Crippen molar-refractivity contribution in [2.24, 2.45) is 0 Å². The average molecular weight is 387 g/mol. The van der Waals surface area contributed by atoms with Crippen molar-refractivity contribution in [2.75, 3.05) is 11.9 Å². The summed E-state index contributed by atoms with van der Waals surface area (Å²) >= 11 is 0. The number of ether oxygens (including phenoxy) is 1. The number of hydrogen-bond acceptors (Lipinski definition) is 4. The van der Waals surface area contributed by atoms with E-state index < -0.39 is 18.5 Å². The van der Waals surface area contributed by atoms with Gasteiger partial charge in [0.2, 0.25) is 0 Å². The Hall–Kier alpha value is -3.85. The van der Waals surface area contributed by atoms with Crippen LogP contribution in [0.2, 0.25) is 0 Å². The first-order chi connectivity index (χ1) is 14.0. The number of nitriles is 1. The van der Waals surface area contributed by atoms with Gasteiger partial charge in [-0.1, -0.05) is 36.4 Å². The second-order valence-corrected chi connectivity index (χ2v) is 6.67. The van der Waals surface area contributed by atoms with E-state index in [0.29, 0.717) is 23.4 Å². The van der Waals surface area contributed by atoms with Gasteiger partial charge >= 0.3 is 5.97 Å². The fourth-order valence-electron chi connectivity index (χ4n) is 3.09. The minimum Gasteiger partial charge on any atom is -0.452 e. The highest BCUT2D eigenvalue weighted by molar-refractivity contribution is 5.96. The summed E-state index contributed by atoms with van der Waals surface area (Å²) in [7, 11) is 0. The topological polar surface area (TPSA) is 84.1 Å². The number of carbonyl (C=O) groups excluding carboxylic acids is 2. The van der Waals surface area contributed by atoms with Crippen LogP contribution in [0.4, 0.5) is 5.69 Å². The summed E-state index contributed by atoms with van der Waals surface area (Å²) in [6.45, 7) is 4.04. The summed E-state index contributed by atoms with van der Waals surface area (Å²) in [5, 5.41) is 11.5. The Kier molecular flexibility index (Phi) is 6.10. The number of benzene rings is 2. The van der Waals surface area contributed by atoms with Crippen LogP contribution in [0.25, 0.3) is 0 Å². The summed E-state index contributed by atoms with van der Waals surface area (Å²) in [6, 6.07) is 20.3. The van der Waals surface area contributed by atoms with Crippen LogP contribution in [0, 0.1) is 25.2 Å². The molecule has 3 rings (SSSR count). The standard InChI is InChI=1S/C23H21N3O3/c1-16-11-21(17(2)26(16)14-18-7-4-3-5-8-18)23(28)29-15-22(27)25-20-10-6-9-19(12-20)13-24/h3-12H,14-15H2,1-2H3,(H,25,27). The van der Waals surface area contributed by atoms with E-state index in [0.717, 1.165) is 17.0 Å². The Labute approximate surface area is 169 Å². The lowest BCUT2D eigenvalue weighted by Crippen LogP contribution is -2.21. The minimum atomic E-state index is -0.543.